The van der Waals surface area contributed by atoms with Gasteiger partial charge in [-0.2, -0.15) is 5.10 Å². The van der Waals surface area contributed by atoms with Gasteiger partial charge in [-0.15, -0.1) is 0 Å². The second kappa shape index (κ2) is 6.43. The lowest BCUT2D eigenvalue weighted by molar-refractivity contribution is -0.398. The largest absolute Gasteiger partial charge is 0.867 e. The van der Waals surface area contributed by atoms with Crippen molar-refractivity contribution < 1.29 is 10.0 Å². The van der Waals surface area contributed by atoms with Gasteiger partial charge in [-0.25, -0.2) is 0 Å². The van der Waals surface area contributed by atoms with E-state index in [1.54, 1.807) is 24.3 Å². The third kappa shape index (κ3) is 3.84. The Labute approximate surface area is 129 Å². The lowest BCUT2D eigenvalue weighted by Crippen LogP contribution is -2.02. The van der Waals surface area contributed by atoms with E-state index in [1.807, 2.05) is 0 Å². The summed E-state index contributed by atoms with van der Waals surface area (Å²) in [6.07, 6.45) is 1.17. The number of benzene rings is 2. The zero-order chi connectivity index (χ0) is 15.4. The fraction of sp³-hybridized carbons (Fsp3) is 0. The number of nitro benzene ring substituents is 1. The monoisotopic (exact) mass is 324 g/mol. The van der Waals surface area contributed by atoms with E-state index in [9.17, 15) is 15.2 Å². The Morgan fingerprint density at radius 3 is 2.62 bits per heavy atom. The molecule has 0 amide bonds. The minimum Gasteiger partial charge on any atom is -0.867 e. The quantitative estimate of drug-likeness (QED) is 0.530. The second-order valence-corrected chi connectivity index (χ2v) is 4.85. The van der Waals surface area contributed by atoms with E-state index in [0.717, 1.165) is 6.07 Å². The highest BCUT2D eigenvalue weighted by Gasteiger charge is 2.11. The van der Waals surface area contributed by atoms with E-state index in [-0.39, 0.29) is 10.6 Å². The number of nitro groups is 1. The molecule has 1 N–H and O–H groups in total. The van der Waals surface area contributed by atoms with Crippen molar-refractivity contribution in [3.63, 3.8) is 0 Å². The van der Waals surface area contributed by atoms with Crippen LogP contribution >= 0.6 is 23.2 Å². The molecule has 8 heteroatoms. The molecule has 0 heterocycles. The molecule has 0 unspecified atom stereocenters. The van der Waals surface area contributed by atoms with Gasteiger partial charge in [0.2, 0.25) is 0 Å². The molecule has 0 aliphatic heterocycles. The van der Waals surface area contributed by atoms with E-state index in [2.05, 4.69) is 10.5 Å². The smallest absolute Gasteiger partial charge is 0.263 e. The molecule has 21 heavy (non-hydrogen) atoms. The average molecular weight is 325 g/mol. The van der Waals surface area contributed by atoms with Crippen LogP contribution in [0.4, 0.5) is 11.4 Å². The van der Waals surface area contributed by atoms with Gasteiger partial charge in [0.15, 0.2) is 0 Å². The van der Waals surface area contributed by atoms with Gasteiger partial charge in [0.25, 0.3) is 5.69 Å². The maximum Gasteiger partial charge on any atom is 0.263 e. The molecule has 6 nitrogen and oxygen atoms in total. The van der Waals surface area contributed by atoms with Gasteiger partial charge >= 0.3 is 0 Å². The SMILES string of the molecule is O=[N+]([O-])c1cc(Cl)cc(/C=N\Nc2cccc(Cl)c2)c1[O-]. The summed E-state index contributed by atoms with van der Waals surface area (Å²) in [6.45, 7) is 0. The first-order valence-electron chi connectivity index (χ1n) is 5.67. The zero-order valence-corrected chi connectivity index (χ0v) is 11.9. The van der Waals surface area contributed by atoms with E-state index in [1.165, 1.54) is 12.3 Å². The molecule has 0 atom stereocenters. The summed E-state index contributed by atoms with van der Waals surface area (Å²) in [5, 5.41) is 27.0. The van der Waals surface area contributed by atoms with Crippen molar-refractivity contribution in [1.29, 1.82) is 0 Å². The van der Waals surface area contributed by atoms with Gasteiger partial charge in [-0.3, -0.25) is 15.5 Å². The Bertz CT molecular complexity index is 720. The predicted molar refractivity (Wildman–Crippen MR) is 80.2 cm³/mol. The molecule has 0 aliphatic carbocycles. The van der Waals surface area contributed by atoms with E-state index in [4.69, 9.17) is 23.2 Å². The van der Waals surface area contributed by atoms with Crippen molar-refractivity contribution in [2.45, 2.75) is 0 Å². The Kier molecular flexibility index (Phi) is 4.62. The molecule has 2 aromatic carbocycles. The lowest BCUT2D eigenvalue weighted by Gasteiger charge is -2.10. The van der Waals surface area contributed by atoms with Gasteiger partial charge in [-0.05, 0) is 35.6 Å². The number of hydrazone groups is 1. The van der Waals surface area contributed by atoms with Crippen LogP contribution in [0.5, 0.6) is 5.75 Å². The maximum atomic E-state index is 11.8. The molecular formula is C13H8Cl2N3O3-. The molecule has 0 radical (unpaired) electrons. The van der Waals surface area contributed by atoms with Gasteiger partial charge in [0, 0.05) is 16.1 Å². The highest BCUT2D eigenvalue weighted by atomic mass is 35.5. The Balaban J connectivity index is 2.23. The third-order valence-electron chi connectivity index (χ3n) is 2.48. The fourth-order valence-corrected chi connectivity index (χ4v) is 1.98. The average Bonchev–Trinajstić information content (AvgIpc) is 2.42. The van der Waals surface area contributed by atoms with E-state index < -0.39 is 16.4 Å². The second-order valence-electron chi connectivity index (χ2n) is 3.98. The number of nitrogens with zero attached hydrogens (tertiary/aromatic N) is 2. The standard InChI is InChI=1S/C13H9Cl2N3O3/c14-9-2-1-3-11(5-9)17-16-7-8-4-10(15)6-12(13(8)19)18(20)21/h1-7,17,19H/p-1/b16-7-. The minimum atomic E-state index is -0.782. The molecule has 2 rings (SSSR count). The van der Waals surface area contributed by atoms with Gasteiger partial charge in [0.1, 0.15) is 0 Å². The number of rotatable bonds is 4. The first-order valence-corrected chi connectivity index (χ1v) is 6.42. The topological polar surface area (TPSA) is 90.6 Å². The van der Waals surface area contributed by atoms with Crippen molar-refractivity contribution in [2.75, 3.05) is 5.43 Å². The first kappa shape index (κ1) is 15.1. The zero-order valence-electron chi connectivity index (χ0n) is 10.4. The first-order chi connectivity index (χ1) is 9.97. The fourth-order valence-electron chi connectivity index (χ4n) is 1.57. The lowest BCUT2D eigenvalue weighted by atomic mass is 10.2. The molecule has 0 spiro atoms. The van der Waals surface area contributed by atoms with Crippen LogP contribution in [0, 0.1) is 10.1 Å². The summed E-state index contributed by atoms with van der Waals surface area (Å²) in [7, 11) is 0. The number of anilines is 1. The van der Waals surface area contributed by atoms with Gasteiger partial charge in [0.05, 0.1) is 16.8 Å². The Hall–Kier alpha value is -2.31. The Morgan fingerprint density at radius 2 is 1.95 bits per heavy atom. The van der Waals surface area contributed by atoms with Crippen LogP contribution in [0.1, 0.15) is 5.56 Å². The number of nitrogens with one attached hydrogen (secondary N) is 1. The summed E-state index contributed by atoms with van der Waals surface area (Å²) >= 11 is 11.5. The molecule has 0 bridgehead atoms. The highest BCUT2D eigenvalue weighted by Crippen LogP contribution is 2.30. The van der Waals surface area contributed by atoms with Crippen LogP contribution < -0.4 is 10.5 Å². The van der Waals surface area contributed by atoms with Crippen LogP contribution in [0.25, 0.3) is 0 Å². The van der Waals surface area contributed by atoms with E-state index in [0.29, 0.717) is 10.7 Å². The minimum absolute atomic E-state index is 0.0173. The molecule has 0 saturated carbocycles. The molecule has 0 fully saturated rings. The molecule has 0 saturated heterocycles. The number of hydrogen-bond acceptors (Lipinski definition) is 5. The summed E-state index contributed by atoms with van der Waals surface area (Å²) in [6, 6.07) is 9.10. The third-order valence-corrected chi connectivity index (χ3v) is 2.93. The molecular weight excluding hydrogens is 317 g/mol. The van der Waals surface area contributed by atoms with Crippen LogP contribution in [-0.4, -0.2) is 11.1 Å². The van der Waals surface area contributed by atoms with Gasteiger partial charge in [-0.1, -0.05) is 29.3 Å². The molecule has 0 aliphatic rings. The maximum absolute atomic E-state index is 11.8. The van der Waals surface area contributed by atoms with E-state index >= 15 is 0 Å². The normalized spacial score (nSPS) is 10.8. The van der Waals surface area contributed by atoms with Crippen molar-refractivity contribution >= 4 is 40.8 Å². The van der Waals surface area contributed by atoms with Crippen LogP contribution in [0.15, 0.2) is 41.5 Å². The highest BCUT2D eigenvalue weighted by molar-refractivity contribution is 6.31. The summed E-state index contributed by atoms with van der Waals surface area (Å²) < 4.78 is 0. The van der Waals surface area contributed by atoms with Gasteiger partial charge < -0.3 is 5.11 Å². The van der Waals surface area contributed by atoms with Crippen molar-refractivity contribution in [3.05, 3.63) is 62.1 Å². The van der Waals surface area contributed by atoms with Crippen LogP contribution in [0.3, 0.4) is 0 Å². The summed E-state index contributed by atoms with van der Waals surface area (Å²) in [5.41, 5.74) is 2.70. The van der Waals surface area contributed by atoms with Crippen molar-refractivity contribution in [3.8, 4) is 5.75 Å². The molecule has 2 aromatic rings. The molecule has 0 aromatic heterocycles. The van der Waals surface area contributed by atoms with Crippen LogP contribution in [0.2, 0.25) is 10.0 Å². The molecule has 108 valence electrons. The number of halogens is 2. The number of hydrogen-bond donors (Lipinski definition) is 1. The van der Waals surface area contributed by atoms with Crippen molar-refractivity contribution in [1.82, 2.24) is 0 Å². The summed E-state index contributed by atoms with van der Waals surface area (Å²) in [5.74, 6) is -0.749. The van der Waals surface area contributed by atoms with Crippen LogP contribution in [-0.2, 0) is 0 Å². The Morgan fingerprint density at radius 1 is 1.19 bits per heavy atom. The predicted octanol–water partition coefficient (Wildman–Crippen LogP) is 3.42. The summed E-state index contributed by atoms with van der Waals surface area (Å²) in [4.78, 5) is 9.95. The van der Waals surface area contributed by atoms with Crippen molar-refractivity contribution in [2.24, 2.45) is 5.10 Å².